The molecule has 0 spiro atoms. The quantitative estimate of drug-likeness (QED) is 0.843. The van der Waals surface area contributed by atoms with Gasteiger partial charge in [0, 0.05) is 18.4 Å². The van der Waals surface area contributed by atoms with Gasteiger partial charge < -0.3 is 9.80 Å². The average Bonchev–Trinajstić information content (AvgIpc) is 3.08. The molecule has 2 saturated heterocycles. The molecule has 0 aromatic heterocycles. The monoisotopic (exact) mass is 308 g/mol. The Morgan fingerprint density at radius 3 is 2.39 bits per heavy atom. The Morgan fingerprint density at radius 1 is 0.870 bits per heavy atom. The first kappa shape index (κ1) is 14.9. The number of quaternary nitrogens is 2. The standard InChI is InChI=1S/C21H26N2/c1-17-21-8-5-13-22(21)14-15-23(17)16-18-9-11-20(12-10-18)19-6-3-2-4-7-19/h2-4,6-7,9-12,17,21H,5,8,13-16H2,1H3/p+2/t17-,21+/m1/s1. The molecule has 23 heavy (non-hydrogen) atoms. The van der Waals surface area contributed by atoms with E-state index in [0.717, 1.165) is 12.1 Å². The Kier molecular flexibility index (Phi) is 4.19. The van der Waals surface area contributed by atoms with Gasteiger partial charge >= 0.3 is 0 Å². The largest absolute Gasteiger partial charge is 0.323 e. The molecule has 2 aromatic carbocycles. The van der Waals surface area contributed by atoms with Crippen LogP contribution in [0.25, 0.3) is 11.1 Å². The minimum Gasteiger partial charge on any atom is -0.323 e. The molecule has 0 radical (unpaired) electrons. The highest BCUT2D eigenvalue weighted by Gasteiger charge is 2.42. The third-order valence-corrected chi connectivity index (χ3v) is 6.04. The van der Waals surface area contributed by atoms with E-state index in [4.69, 9.17) is 0 Å². The first-order valence-corrected chi connectivity index (χ1v) is 9.15. The van der Waals surface area contributed by atoms with Crippen molar-refractivity contribution in [2.75, 3.05) is 19.6 Å². The summed E-state index contributed by atoms with van der Waals surface area (Å²) in [6.07, 6.45) is 2.87. The lowest BCUT2D eigenvalue weighted by molar-refractivity contribution is -1.05. The summed E-state index contributed by atoms with van der Waals surface area (Å²) in [6.45, 7) is 7.76. The molecule has 2 aliphatic heterocycles. The molecule has 0 bridgehead atoms. The second-order valence-corrected chi connectivity index (χ2v) is 7.34. The van der Waals surface area contributed by atoms with E-state index in [0.29, 0.717) is 0 Å². The molecule has 4 rings (SSSR count). The smallest absolute Gasteiger partial charge is 0.140 e. The van der Waals surface area contributed by atoms with Crippen LogP contribution >= 0.6 is 0 Å². The molecule has 2 nitrogen and oxygen atoms in total. The summed E-state index contributed by atoms with van der Waals surface area (Å²) in [4.78, 5) is 3.66. The fourth-order valence-corrected chi connectivity index (χ4v) is 4.64. The molecule has 2 heteroatoms. The molecule has 0 aliphatic carbocycles. The zero-order valence-electron chi connectivity index (χ0n) is 14.1. The Morgan fingerprint density at radius 2 is 1.61 bits per heavy atom. The molecule has 2 unspecified atom stereocenters. The molecular weight excluding hydrogens is 280 g/mol. The molecule has 4 atom stereocenters. The maximum atomic E-state index is 2.48. The first-order valence-electron chi connectivity index (χ1n) is 9.15. The van der Waals surface area contributed by atoms with E-state index in [9.17, 15) is 0 Å². The van der Waals surface area contributed by atoms with Gasteiger partial charge in [-0.1, -0.05) is 54.6 Å². The van der Waals surface area contributed by atoms with Crippen molar-refractivity contribution in [3.05, 3.63) is 60.2 Å². The zero-order chi connectivity index (χ0) is 15.6. The predicted octanol–water partition coefficient (Wildman–Crippen LogP) is 1.19. The maximum Gasteiger partial charge on any atom is 0.140 e. The van der Waals surface area contributed by atoms with Crippen molar-refractivity contribution in [3.63, 3.8) is 0 Å². The lowest BCUT2D eigenvalue weighted by Gasteiger charge is -2.37. The second kappa shape index (κ2) is 6.46. The maximum absolute atomic E-state index is 2.48. The highest BCUT2D eigenvalue weighted by Crippen LogP contribution is 2.19. The molecule has 0 saturated carbocycles. The van der Waals surface area contributed by atoms with Gasteiger partial charge in [-0.25, -0.2) is 0 Å². The molecule has 2 heterocycles. The normalized spacial score (nSPS) is 30.1. The van der Waals surface area contributed by atoms with E-state index in [1.807, 2.05) is 4.90 Å². The minimum absolute atomic E-state index is 0.801. The van der Waals surface area contributed by atoms with Gasteiger partial charge in [-0.3, -0.25) is 0 Å². The zero-order valence-corrected chi connectivity index (χ0v) is 14.1. The van der Waals surface area contributed by atoms with Crippen LogP contribution in [0.3, 0.4) is 0 Å². The number of hydrogen-bond donors (Lipinski definition) is 2. The predicted molar refractivity (Wildman–Crippen MR) is 94.6 cm³/mol. The van der Waals surface area contributed by atoms with Crippen LogP contribution < -0.4 is 9.80 Å². The van der Waals surface area contributed by atoms with Gasteiger partial charge in [0.1, 0.15) is 31.7 Å². The molecule has 0 amide bonds. The van der Waals surface area contributed by atoms with Gasteiger partial charge in [0.2, 0.25) is 0 Å². The summed E-state index contributed by atoms with van der Waals surface area (Å²) in [7, 11) is 0. The van der Waals surface area contributed by atoms with Crippen molar-refractivity contribution < 1.29 is 9.80 Å². The lowest BCUT2D eigenvalue weighted by atomic mass is 10.0. The number of fused-ring (bicyclic) bond motifs is 1. The van der Waals surface area contributed by atoms with Crippen molar-refractivity contribution in [2.45, 2.75) is 38.4 Å². The Labute approximate surface area is 139 Å². The number of piperazine rings is 1. The van der Waals surface area contributed by atoms with E-state index in [-0.39, 0.29) is 0 Å². The van der Waals surface area contributed by atoms with Gasteiger partial charge in [-0.15, -0.1) is 0 Å². The Hall–Kier alpha value is -1.64. The van der Waals surface area contributed by atoms with Gasteiger partial charge in [0.15, 0.2) is 0 Å². The molecular formula is C21H28N2+2. The average molecular weight is 308 g/mol. The number of benzene rings is 2. The van der Waals surface area contributed by atoms with Gasteiger partial charge in [-0.2, -0.15) is 0 Å². The van der Waals surface area contributed by atoms with Crippen molar-refractivity contribution in [3.8, 4) is 11.1 Å². The summed E-state index contributed by atoms with van der Waals surface area (Å²) >= 11 is 0. The molecule has 2 aromatic rings. The third kappa shape index (κ3) is 3.06. The topological polar surface area (TPSA) is 8.88 Å². The summed E-state index contributed by atoms with van der Waals surface area (Å²) in [6, 6.07) is 21.6. The van der Waals surface area contributed by atoms with Gasteiger partial charge in [0.05, 0.1) is 6.54 Å². The fourth-order valence-electron chi connectivity index (χ4n) is 4.64. The molecule has 2 fully saturated rings. The molecule has 120 valence electrons. The fraction of sp³-hybridized carbons (Fsp3) is 0.429. The molecule has 2 aliphatic rings. The Balaban J connectivity index is 1.45. The van der Waals surface area contributed by atoms with Crippen LogP contribution in [0.4, 0.5) is 0 Å². The van der Waals surface area contributed by atoms with Crippen molar-refractivity contribution in [1.82, 2.24) is 0 Å². The lowest BCUT2D eigenvalue weighted by Crippen LogP contribution is -3.31. The highest BCUT2D eigenvalue weighted by atomic mass is 15.3. The van der Waals surface area contributed by atoms with E-state index >= 15 is 0 Å². The Bertz CT molecular complexity index is 635. The van der Waals surface area contributed by atoms with Crippen molar-refractivity contribution >= 4 is 0 Å². The van der Waals surface area contributed by atoms with Crippen molar-refractivity contribution in [2.24, 2.45) is 0 Å². The van der Waals surface area contributed by atoms with E-state index in [1.54, 1.807) is 4.90 Å². The third-order valence-electron chi connectivity index (χ3n) is 6.04. The summed E-state index contributed by atoms with van der Waals surface area (Å²) in [5.74, 6) is 0. The van der Waals surface area contributed by atoms with Gasteiger partial charge in [-0.05, 0) is 18.1 Å². The number of hydrogen-bond acceptors (Lipinski definition) is 0. The van der Waals surface area contributed by atoms with Crippen LogP contribution in [0.15, 0.2) is 54.6 Å². The van der Waals surface area contributed by atoms with Crippen LogP contribution in [-0.4, -0.2) is 31.7 Å². The van der Waals surface area contributed by atoms with Crippen LogP contribution in [0.2, 0.25) is 0 Å². The first-order chi connectivity index (χ1) is 11.3. The SMILES string of the molecule is C[C@@H]1[C@@H]2CCC[NH+]2CC[NH+]1Cc1ccc(-c2ccccc2)cc1. The van der Waals surface area contributed by atoms with Crippen molar-refractivity contribution in [1.29, 1.82) is 0 Å². The summed E-state index contributed by atoms with van der Waals surface area (Å²) in [5, 5.41) is 0. The summed E-state index contributed by atoms with van der Waals surface area (Å²) < 4.78 is 0. The summed E-state index contributed by atoms with van der Waals surface area (Å²) in [5.41, 5.74) is 4.11. The second-order valence-electron chi connectivity index (χ2n) is 7.34. The van der Waals surface area contributed by atoms with Crippen LogP contribution in [0.5, 0.6) is 0 Å². The van der Waals surface area contributed by atoms with Crippen LogP contribution in [0, 0.1) is 0 Å². The van der Waals surface area contributed by atoms with Crippen LogP contribution in [0.1, 0.15) is 25.3 Å². The minimum atomic E-state index is 0.801. The van der Waals surface area contributed by atoms with E-state index in [2.05, 4.69) is 61.5 Å². The van der Waals surface area contributed by atoms with E-state index < -0.39 is 0 Å². The number of nitrogens with one attached hydrogen (secondary N) is 2. The van der Waals surface area contributed by atoms with E-state index in [1.165, 1.54) is 55.7 Å². The van der Waals surface area contributed by atoms with Crippen LogP contribution in [-0.2, 0) is 6.54 Å². The molecule has 2 N–H and O–H groups in total. The highest BCUT2D eigenvalue weighted by molar-refractivity contribution is 5.63. The van der Waals surface area contributed by atoms with Gasteiger partial charge in [0.25, 0.3) is 0 Å². The number of rotatable bonds is 3.